The highest BCUT2D eigenvalue weighted by atomic mass is 32.2. The summed E-state index contributed by atoms with van der Waals surface area (Å²) < 4.78 is 10.7. The summed E-state index contributed by atoms with van der Waals surface area (Å²) >= 11 is 1.77. The molecular formula is C26H30O3S. The van der Waals surface area contributed by atoms with Gasteiger partial charge in [0.1, 0.15) is 5.75 Å². The molecule has 2 aromatic rings. The third-order valence-electron chi connectivity index (χ3n) is 7.49. The van der Waals surface area contributed by atoms with Gasteiger partial charge >= 0.3 is 5.97 Å². The average molecular weight is 423 g/mol. The summed E-state index contributed by atoms with van der Waals surface area (Å²) in [6, 6.07) is 14.9. The van der Waals surface area contributed by atoms with Crippen molar-refractivity contribution in [1.82, 2.24) is 0 Å². The third kappa shape index (κ3) is 3.75. The largest absolute Gasteiger partial charge is 0.496 e. The van der Waals surface area contributed by atoms with Crippen LogP contribution in [-0.2, 0) is 21.4 Å². The first kappa shape index (κ1) is 20.0. The van der Waals surface area contributed by atoms with Gasteiger partial charge in [-0.3, -0.25) is 4.79 Å². The van der Waals surface area contributed by atoms with Crippen LogP contribution < -0.4 is 4.74 Å². The normalized spacial score (nSPS) is 29.1. The summed E-state index contributed by atoms with van der Waals surface area (Å²) in [4.78, 5) is 14.0. The van der Waals surface area contributed by atoms with Gasteiger partial charge in [-0.1, -0.05) is 23.9 Å². The molecule has 4 fully saturated rings. The van der Waals surface area contributed by atoms with Crippen molar-refractivity contribution >= 4 is 17.7 Å². The second-order valence-electron chi connectivity index (χ2n) is 9.56. The Morgan fingerprint density at radius 1 is 0.967 bits per heavy atom. The maximum absolute atomic E-state index is 11.6. The lowest BCUT2D eigenvalue weighted by Gasteiger charge is -2.57. The van der Waals surface area contributed by atoms with Gasteiger partial charge in [0.25, 0.3) is 0 Å². The first-order valence-electron chi connectivity index (χ1n) is 11.1. The molecule has 4 aliphatic rings. The predicted molar refractivity (Wildman–Crippen MR) is 119 cm³/mol. The number of ether oxygens (including phenoxy) is 2. The van der Waals surface area contributed by atoms with E-state index in [1.807, 2.05) is 19.2 Å². The van der Waals surface area contributed by atoms with Crippen LogP contribution in [0.25, 0.3) is 0 Å². The summed E-state index contributed by atoms with van der Waals surface area (Å²) in [5.41, 5.74) is 2.73. The van der Waals surface area contributed by atoms with E-state index in [-0.39, 0.29) is 5.97 Å². The molecule has 0 aliphatic heterocycles. The minimum absolute atomic E-state index is 0.203. The van der Waals surface area contributed by atoms with E-state index in [9.17, 15) is 4.79 Å². The summed E-state index contributed by atoms with van der Waals surface area (Å²) in [7, 11) is 3.24. The summed E-state index contributed by atoms with van der Waals surface area (Å²) in [5, 5.41) is 0. The van der Waals surface area contributed by atoms with Crippen molar-refractivity contribution in [2.24, 2.45) is 17.8 Å². The van der Waals surface area contributed by atoms with Crippen LogP contribution in [-0.4, -0.2) is 20.2 Å². The van der Waals surface area contributed by atoms with Crippen LogP contribution in [0.15, 0.2) is 52.3 Å². The lowest BCUT2D eigenvalue weighted by Crippen LogP contribution is -2.48. The van der Waals surface area contributed by atoms with Gasteiger partial charge in [0.2, 0.25) is 0 Å². The van der Waals surface area contributed by atoms with Gasteiger partial charge in [-0.15, -0.1) is 0 Å². The van der Waals surface area contributed by atoms with Crippen molar-refractivity contribution in [1.29, 1.82) is 0 Å². The van der Waals surface area contributed by atoms with E-state index in [0.29, 0.717) is 11.8 Å². The van der Waals surface area contributed by atoms with Crippen LogP contribution >= 0.6 is 11.8 Å². The Labute approximate surface area is 183 Å². The molecule has 3 nitrogen and oxygen atoms in total. The van der Waals surface area contributed by atoms with E-state index in [1.54, 1.807) is 11.8 Å². The number of carbonyl (C=O) groups excluding carboxylic acids is 1. The second-order valence-corrected chi connectivity index (χ2v) is 10.7. The molecule has 0 saturated heterocycles. The minimum atomic E-state index is -0.203. The standard InChI is InChI=1S/C26H30O3S/c1-28-24-7-6-22(30-21-5-3-4-17(11-21)12-25(27)29-2)13-23(24)26-14-18-8-19(15-26)10-20(9-18)16-26/h3-7,11,13,18-20H,8-10,12,14-16H2,1-2H3. The number of benzene rings is 2. The molecule has 0 aromatic heterocycles. The zero-order valence-corrected chi connectivity index (χ0v) is 18.7. The molecule has 6 rings (SSSR count). The lowest BCUT2D eigenvalue weighted by molar-refractivity contribution is -0.139. The van der Waals surface area contributed by atoms with Gasteiger partial charge in [0.15, 0.2) is 0 Å². The summed E-state index contributed by atoms with van der Waals surface area (Å²) in [6.07, 6.45) is 8.65. The van der Waals surface area contributed by atoms with E-state index >= 15 is 0 Å². The predicted octanol–water partition coefficient (Wildman–Crippen LogP) is 6.03. The van der Waals surface area contributed by atoms with Crippen molar-refractivity contribution in [2.45, 2.75) is 60.2 Å². The third-order valence-corrected chi connectivity index (χ3v) is 8.47. The Bertz CT molecular complexity index is 916. The van der Waals surface area contributed by atoms with Gasteiger partial charge in [0.05, 0.1) is 20.6 Å². The Morgan fingerprint density at radius 3 is 2.27 bits per heavy atom. The number of rotatable bonds is 6. The van der Waals surface area contributed by atoms with Gasteiger partial charge < -0.3 is 9.47 Å². The summed E-state index contributed by atoms with van der Waals surface area (Å²) in [5.74, 6) is 3.58. The molecule has 0 heterocycles. The Balaban J connectivity index is 1.43. The highest BCUT2D eigenvalue weighted by molar-refractivity contribution is 7.99. The molecule has 4 aliphatic carbocycles. The monoisotopic (exact) mass is 422 g/mol. The average Bonchev–Trinajstić information content (AvgIpc) is 2.73. The fourth-order valence-corrected chi connectivity index (χ4v) is 7.64. The fraction of sp³-hybridized carbons (Fsp3) is 0.500. The molecule has 4 heteroatoms. The van der Waals surface area contributed by atoms with Crippen LogP contribution in [0.1, 0.15) is 49.7 Å². The molecule has 0 N–H and O–H groups in total. The fourth-order valence-electron chi connectivity index (χ4n) is 6.70. The smallest absolute Gasteiger partial charge is 0.309 e. The van der Waals surface area contributed by atoms with Crippen LogP contribution in [0.4, 0.5) is 0 Å². The van der Waals surface area contributed by atoms with E-state index in [4.69, 9.17) is 9.47 Å². The van der Waals surface area contributed by atoms with Crippen LogP contribution in [0.3, 0.4) is 0 Å². The van der Waals surface area contributed by atoms with Crippen molar-refractivity contribution in [3.8, 4) is 5.75 Å². The zero-order valence-electron chi connectivity index (χ0n) is 17.9. The maximum Gasteiger partial charge on any atom is 0.309 e. The van der Waals surface area contributed by atoms with Crippen LogP contribution in [0.2, 0.25) is 0 Å². The molecule has 2 aromatic carbocycles. The summed E-state index contributed by atoms with van der Waals surface area (Å²) in [6.45, 7) is 0. The topological polar surface area (TPSA) is 35.5 Å². The molecule has 0 spiro atoms. The first-order valence-corrected chi connectivity index (χ1v) is 11.9. The Morgan fingerprint density at radius 2 is 1.63 bits per heavy atom. The highest BCUT2D eigenvalue weighted by Gasteiger charge is 2.52. The number of hydrogen-bond donors (Lipinski definition) is 0. The number of methoxy groups -OCH3 is 2. The van der Waals surface area contributed by atoms with Crippen LogP contribution in [0.5, 0.6) is 5.75 Å². The zero-order chi connectivity index (χ0) is 20.7. The van der Waals surface area contributed by atoms with Gasteiger partial charge in [-0.2, -0.15) is 0 Å². The van der Waals surface area contributed by atoms with Crippen LogP contribution in [0, 0.1) is 17.8 Å². The highest BCUT2D eigenvalue weighted by Crippen LogP contribution is 2.62. The molecule has 0 unspecified atom stereocenters. The van der Waals surface area contributed by atoms with Gasteiger partial charge in [0, 0.05) is 15.4 Å². The van der Waals surface area contributed by atoms with Crippen molar-refractivity contribution in [2.75, 3.05) is 14.2 Å². The molecule has 0 amide bonds. The maximum atomic E-state index is 11.6. The quantitative estimate of drug-likeness (QED) is 0.533. The van der Waals surface area contributed by atoms with Crippen molar-refractivity contribution in [3.63, 3.8) is 0 Å². The van der Waals surface area contributed by atoms with Gasteiger partial charge in [-0.25, -0.2) is 0 Å². The van der Waals surface area contributed by atoms with Gasteiger partial charge in [-0.05, 0) is 97.6 Å². The minimum Gasteiger partial charge on any atom is -0.496 e. The molecule has 158 valence electrons. The van der Waals surface area contributed by atoms with E-state index in [2.05, 4.69) is 30.3 Å². The van der Waals surface area contributed by atoms with E-state index < -0.39 is 0 Å². The van der Waals surface area contributed by atoms with Crippen molar-refractivity contribution in [3.05, 3.63) is 53.6 Å². The SMILES string of the molecule is COC(=O)Cc1cccc(Sc2ccc(OC)c(C34CC5CC(CC(C5)C3)C4)c2)c1. The molecule has 0 atom stereocenters. The molecular weight excluding hydrogens is 392 g/mol. The number of esters is 1. The van der Waals surface area contributed by atoms with E-state index in [1.165, 1.54) is 56.1 Å². The van der Waals surface area contributed by atoms with Crippen molar-refractivity contribution < 1.29 is 14.3 Å². The lowest BCUT2D eigenvalue weighted by atomic mass is 9.48. The Hall–Kier alpha value is -1.94. The Kier molecular flexibility index (Phi) is 5.30. The second kappa shape index (κ2) is 7.96. The molecule has 4 saturated carbocycles. The number of carbonyl (C=O) groups is 1. The molecule has 30 heavy (non-hydrogen) atoms. The molecule has 4 bridgehead atoms. The first-order chi connectivity index (χ1) is 14.6. The number of hydrogen-bond acceptors (Lipinski definition) is 4. The van der Waals surface area contributed by atoms with E-state index in [0.717, 1.165) is 34.0 Å². The molecule has 0 radical (unpaired) electrons.